The number of carboxylic acid groups (broad SMARTS) is 1. The molecule has 156 valence electrons. The van der Waals surface area contributed by atoms with Gasteiger partial charge >= 0.3 is 5.97 Å². The second-order valence-electron chi connectivity index (χ2n) is 9.80. The summed E-state index contributed by atoms with van der Waals surface area (Å²) >= 11 is 0. The third kappa shape index (κ3) is 8.74. The lowest BCUT2D eigenvalue weighted by Gasteiger charge is -2.34. The maximum absolute atomic E-state index is 12.8. The van der Waals surface area contributed by atoms with Crippen molar-refractivity contribution in [2.45, 2.75) is 74.4 Å². The van der Waals surface area contributed by atoms with Crippen LogP contribution in [0.15, 0.2) is 23.8 Å². The summed E-state index contributed by atoms with van der Waals surface area (Å²) in [6.07, 6.45) is 5.79. The third-order valence-corrected chi connectivity index (χ3v) is 4.72. The van der Waals surface area contributed by atoms with Gasteiger partial charge in [-0.3, -0.25) is 4.79 Å². The highest BCUT2D eigenvalue weighted by molar-refractivity contribution is 5.85. The van der Waals surface area contributed by atoms with E-state index < -0.39 is 5.97 Å². The number of allylic oxidation sites excluding steroid dienone is 2. The van der Waals surface area contributed by atoms with Crippen LogP contribution in [0.1, 0.15) is 62.3 Å². The van der Waals surface area contributed by atoms with Crippen LogP contribution in [0.4, 0.5) is 0 Å². The van der Waals surface area contributed by atoms with Crippen LogP contribution in [0.5, 0.6) is 0 Å². The average molecular weight is 381 g/mol. The number of carboxylic acids is 1. The molecule has 0 rings (SSSR count). The molecular formula is C22H40N2O3. The van der Waals surface area contributed by atoms with Gasteiger partial charge in [0.15, 0.2) is 0 Å². The Morgan fingerprint density at radius 3 is 1.81 bits per heavy atom. The van der Waals surface area contributed by atoms with Gasteiger partial charge in [0.25, 0.3) is 0 Å². The van der Waals surface area contributed by atoms with Gasteiger partial charge in [-0.2, -0.15) is 0 Å². The Hall–Kier alpha value is -1.62. The molecule has 0 aromatic carbocycles. The highest BCUT2D eigenvalue weighted by Crippen LogP contribution is 2.25. The number of aliphatic carboxylic acids is 1. The fourth-order valence-electron chi connectivity index (χ4n) is 2.82. The number of nitrogens with one attached hydrogen (secondary N) is 2. The Morgan fingerprint density at radius 1 is 0.963 bits per heavy atom. The Balaban J connectivity index is 5.60. The molecule has 1 amide bonds. The number of likely N-dealkylation sites (N-methyl/N-ethyl adjacent to an activating group) is 1. The summed E-state index contributed by atoms with van der Waals surface area (Å²) in [6.45, 7) is 18.1. The van der Waals surface area contributed by atoms with Crippen LogP contribution in [-0.2, 0) is 9.59 Å². The van der Waals surface area contributed by atoms with Crippen molar-refractivity contribution in [3.63, 3.8) is 0 Å². The van der Waals surface area contributed by atoms with E-state index in [1.807, 2.05) is 32.9 Å². The standard InChI is InChI=1S/C22H40N2O3/c1-14(2)16(13-15(3)20(26)27)11-12-17(21(4,5)6)24-19(25)18(23-10)22(7,8)9/h11-14,16-18,23H,1-10H3,(H,24,25)(H,26,27)/b12-11+,15-13+/t16-,17?,18-/m1/s1. The van der Waals surface area contributed by atoms with Gasteiger partial charge in [-0.1, -0.05) is 73.6 Å². The topological polar surface area (TPSA) is 78.4 Å². The third-order valence-electron chi connectivity index (χ3n) is 4.72. The van der Waals surface area contributed by atoms with Crippen molar-refractivity contribution >= 4 is 11.9 Å². The molecular weight excluding hydrogens is 340 g/mol. The van der Waals surface area contributed by atoms with Crippen LogP contribution in [0.3, 0.4) is 0 Å². The van der Waals surface area contributed by atoms with Crippen molar-refractivity contribution in [2.24, 2.45) is 22.7 Å². The van der Waals surface area contributed by atoms with Crippen LogP contribution in [0.2, 0.25) is 0 Å². The minimum Gasteiger partial charge on any atom is -0.478 e. The van der Waals surface area contributed by atoms with E-state index in [4.69, 9.17) is 5.11 Å². The zero-order valence-corrected chi connectivity index (χ0v) is 18.8. The molecule has 0 radical (unpaired) electrons. The molecule has 0 aromatic rings. The lowest BCUT2D eigenvalue weighted by molar-refractivity contribution is -0.132. The molecule has 1 unspecified atom stereocenters. The van der Waals surface area contributed by atoms with Crippen molar-refractivity contribution in [3.8, 4) is 0 Å². The molecule has 0 aromatic heterocycles. The maximum Gasteiger partial charge on any atom is 0.330 e. The van der Waals surface area contributed by atoms with Crippen LogP contribution >= 0.6 is 0 Å². The minimum atomic E-state index is -0.906. The van der Waals surface area contributed by atoms with Gasteiger partial charge in [0.2, 0.25) is 5.91 Å². The van der Waals surface area contributed by atoms with Gasteiger partial charge in [-0.05, 0) is 36.6 Å². The first-order valence-electron chi connectivity index (χ1n) is 9.69. The SMILES string of the molecule is CN[C@H](C(=O)NC(/C=C/[C@H](/C=C(\C)C(=O)O)C(C)C)C(C)(C)C)C(C)(C)C. The van der Waals surface area contributed by atoms with Gasteiger partial charge in [0.05, 0.1) is 12.1 Å². The number of hydrogen-bond donors (Lipinski definition) is 3. The molecule has 0 fully saturated rings. The van der Waals surface area contributed by atoms with E-state index in [2.05, 4.69) is 45.3 Å². The fourth-order valence-corrected chi connectivity index (χ4v) is 2.82. The molecule has 0 aliphatic heterocycles. The Bertz CT molecular complexity index is 563. The van der Waals surface area contributed by atoms with Gasteiger partial charge in [0, 0.05) is 5.57 Å². The van der Waals surface area contributed by atoms with E-state index in [1.54, 1.807) is 20.0 Å². The van der Waals surface area contributed by atoms with Crippen molar-refractivity contribution in [1.29, 1.82) is 0 Å². The molecule has 3 atom stereocenters. The van der Waals surface area contributed by atoms with Gasteiger partial charge in [-0.25, -0.2) is 4.79 Å². The first-order chi connectivity index (χ1) is 12.1. The van der Waals surface area contributed by atoms with Crippen LogP contribution in [0, 0.1) is 22.7 Å². The van der Waals surface area contributed by atoms with Crippen molar-refractivity contribution in [2.75, 3.05) is 7.05 Å². The first-order valence-corrected chi connectivity index (χ1v) is 9.69. The summed E-state index contributed by atoms with van der Waals surface area (Å²) in [5, 5.41) is 15.4. The van der Waals surface area contributed by atoms with E-state index in [0.29, 0.717) is 5.57 Å². The van der Waals surface area contributed by atoms with Gasteiger partial charge in [0.1, 0.15) is 0 Å². The molecule has 27 heavy (non-hydrogen) atoms. The van der Waals surface area contributed by atoms with Crippen LogP contribution < -0.4 is 10.6 Å². The monoisotopic (exact) mass is 380 g/mol. The normalized spacial score (nSPS) is 17.1. The zero-order valence-electron chi connectivity index (χ0n) is 18.8. The Labute approximate surface area is 165 Å². The zero-order chi connectivity index (χ0) is 21.6. The predicted octanol–water partition coefficient (Wildman–Crippen LogP) is 4.01. The van der Waals surface area contributed by atoms with Crippen molar-refractivity contribution in [1.82, 2.24) is 10.6 Å². The minimum absolute atomic E-state index is 0.00874. The number of rotatable bonds is 8. The molecule has 0 saturated heterocycles. The van der Waals surface area contributed by atoms with Crippen molar-refractivity contribution in [3.05, 3.63) is 23.8 Å². The fraction of sp³-hybridized carbons (Fsp3) is 0.727. The van der Waals surface area contributed by atoms with E-state index in [0.717, 1.165) is 0 Å². The quantitative estimate of drug-likeness (QED) is 0.439. The Kier molecular flexibility index (Phi) is 9.47. The predicted molar refractivity (Wildman–Crippen MR) is 113 cm³/mol. The number of amides is 1. The maximum atomic E-state index is 12.8. The summed E-state index contributed by atoms with van der Waals surface area (Å²) in [4.78, 5) is 24.0. The summed E-state index contributed by atoms with van der Waals surface area (Å²) in [5.74, 6) is -0.693. The van der Waals surface area contributed by atoms with E-state index in [1.165, 1.54) is 0 Å². The highest BCUT2D eigenvalue weighted by Gasteiger charge is 2.33. The second kappa shape index (κ2) is 10.1. The largest absolute Gasteiger partial charge is 0.478 e. The van der Waals surface area contributed by atoms with E-state index in [9.17, 15) is 9.59 Å². The van der Waals surface area contributed by atoms with Gasteiger partial charge < -0.3 is 15.7 Å². The molecule has 0 aliphatic rings. The lowest BCUT2D eigenvalue weighted by atomic mass is 9.82. The molecule has 0 heterocycles. The number of carbonyl (C=O) groups is 2. The van der Waals surface area contributed by atoms with Crippen LogP contribution in [-0.4, -0.2) is 36.1 Å². The summed E-state index contributed by atoms with van der Waals surface area (Å²) in [7, 11) is 1.80. The molecule has 0 spiro atoms. The second-order valence-corrected chi connectivity index (χ2v) is 9.80. The molecule has 0 saturated carbocycles. The van der Waals surface area contributed by atoms with E-state index >= 15 is 0 Å². The average Bonchev–Trinajstić information content (AvgIpc) is 2.47. The summed E-state index contributed by atoms with van der Waals surface area (Å²) in [5.41, 5.74) is -0.0416. The first kappa shape index (κ1) is 25.4. The van der Waals surface area contributed by atoms with Crippen molar-refractivity contribution < 1.29 is 14.7 Å². The molecule has 0 bridgehead atoms. The number of carbonyl (C=O) groups excluding carboxylic acids is 1. The van der Waals surface area contributed by atoms with E-state index in [-0.39, 0.29) is 40.7 Å². The van der Waals surface area contributed by atoms with Gasteiger partial charge in [-0.15, -0.1) is 0 Å². The van der Waals surface area contributed by atoms with Crippen LogP contribution in [0.25, 0.3) is 0 Å². The highest BCUT2D eigenvalue weighted by atomic mass is 16.4. The molecule has 3 N–H and O–H groups in total. The molecule has 0 aliphatic carbocycles. The molecule has 5 nitrogen and oxygen atoms in total. The smallest absolute Gasteiger partial charge is 0.330 e. The molecule has 5 heteroatoms. The Morgan fingerprint density at radius 2 is 1.48 bits per heavy atom. The summed E-state index contributed by atoms with van der Waals surface area (Å²) in [6, 6.07) is -0.464. The summed E-state index contributed by atoms with van der Waals surface area (Å²) < 4.78 is 0. The number of hydrogen-bond acceptors (Lipinski definition) is 3. The lowest BCUT2D eigenvalue weighted by Crippen LogP contribution is -2.54.